The predicted octanol–water partition coefficient (Wildman–Crippen LogP) is 8.52. The third-order valence-corrected chi connectivity index (χ3v) is 10.4. The van der Waals surface area contributed by atoms with Gasteiger partial charge in [0.15, 0.2) is 5.89 Å². The molecule has 1 aromatic heterocycles. The molecule has 320 valence electrons. The maximum atomic E-state index is 12.5. The number of piperazine rings is 2. The summed E-state index contributed by atoms with van der Waals surface area (Å²) in [6.07, 6.45) is 1.30. The summed E-state index contributed by atoms with van der Waals surface area (Å²) in [6.45, 7) is 27.3. The fraction of sp³-hybridized carbons (Fsp3) is 0.581. The molecule has 13 nitrogen and oxygen atoms in total. The SMILES string of the molecule is CCOC(=O)c1cnc(Cc2cc(Cl)cc(CN3CCN(C(=O)OC(C)(C)C)[C@@H](C)C3)c2C)o1.Cc1c(N)cc(Cl)cc1CN1CCN(C(=O)OC(C)(C)C)[C@@H](C)C1. The van der Waals surface area contributed by atoms with Crippen molar-refractivity contribution in [3.63, 3.8) is 0 Å². The molecular weight excluding hydrogens is 783 g/mol. The van der Waals surface area contributed by atoms with Crippen molar-refractivity contribution in [1.29, 1.82) is 0 Å². The normalized spacial score (nSPS) is 18.0. The minimum absolute atomic E-state index is 0.0381. The van der Waals surface area contributed by atoms with E-state index in [1.54, 1.807) is 22.8 Å². The lowest BCUT2D eigenvalue weighted by Crippen LogP contribution is -2.54. The van der Waals surface area contributed by atoms with Crippen molar-refractivity contribution in [3.8, 4) is 0 Å². The standard InChI is InChI=1S/C25H34ClN3O5.C18H28ClN3O2/c1-7-32-23(30)21-13-27-22(33-21)12-18-10-20(26)11-19(17(18)3)15-28-8-9-29(16(2)14-28)24(31)34-25(4,5)6;1-12-10-21(6-7-22(12)17(23)24-18(3,4)5)11-14-8-15(19)9-16(20)13(14)2/h10-11,13,16H,7-9,12,14-15H2,1-6H3;8-9,12H,6-7,10-11,20H2,1-5H3/t16-;12-/m00/s1. The van der Waals surface area contributed by atoms with Crippen molar-refractivity contribution in [3.05, 3.63) is 80.0 Å². The number of ether oxygens (including phenoxy) is 3. The molecule has 2 atom stereocenters. The number of anilines is 1. The van der Waals surface area contributed by atoms with Gasteiger partial charge in [-0.15, -0.1) is 0 Å². The van der Waals surface area contributed by atoms with Crippen molar-refractivity contribution in [2.24, 2.45) is 0 Å². The second kappa shape index (κ2) is 19.8. The van der Waals surface area contributed by atoms with Gasteiger partial charge in [-0.2, -0.15) is 0 Å². The van der Waals surface area contributed by atoms with Gasteiger partial charge in [-0.1, -0.05) is 23.2 Å². The number of oxazole rings is 1. The van der Waals surface area contributed by atoms with Crippen LogP contribution in [0.25, 0.3) is 0 Å². The molecule has 2 saturated heterocycles. The first-order valence-electron chi connectivity index (χ1n) is 19.9. The fourth-order valence-electron chi connectivity index (χ4n) is 6.94. The van der Waals surface area contributed by atoms with E-state index in [1.807, 2.05) is 73.6 Å². The summed E-state index contributed by atoms with van der Waals surface area (Å²) >= 11 is 12.6. The van der Waals surface area contributed by atoms with Crippen LogP contribution >= 0.6 is 23.2 Å². The predicted molar refractivity (Wildman–Crippen MR) is 227 cm³/mol. The van der Waals surface area contributed by atoms with Crippen LogP contribution in [0.15, 0.2) is 34.9 Å². The van der Waals surface area contributed by atoms with Gasteiger partial charge in [-0.05, 0) is 128 Å². The van der Waals surface area contributed by atoms with Gasteiger partial charge in [0.1, 0.15) is 11.2 Å². The van der Waals surface area contributed by atoms with Crippen molar-refractivity contribution >= 4 is 47.0 Å². The van der Waals surface area contributed by atoms with E-state index in [9.17, 15) is 14.4 Å². The summed E-state index contributed by atoms with van der Waals surface area (Å²) in [4.78, 5) is 49.1. The van der Waals surface area contributed by atoms with Crippen LogP contribution in [-0.2, 0) is 33.7 Å². The van der Waals surface area contributed by atoms with E-state index in [0.717, 1.165) is 66.2 Å². The lowest BCUT2D eigenvalue weighted by molar-refractivity contribution is -0.000444. The molecule has 0 aliphatic carbocycles. The van der Waals surface area contributed by atoms with Gasteiger partial charge in [0.25, 0.3) is 0 Å². The Kier molecular flexibility index (Phi) is 15.9. The zero-order valence-corrected chi connectivity index (χ0v) is 37.6. The number of halogens is 2. The molecule has 0 radical (unpaired) electrons. The summed E-state index contributed by atoms with van der Waals surface area (Å²) in [7, 11) is 0. The molecule has 0 saturated carbocycles. The molecule has 15 heteroatoms. The van der Waals surface area contributed by atoms with E-state index < -0.39 is 17.2 Å². The maximum Gasteiger partial charge on any atom is 0.410 e. The number of aromatic nitrogens is 1. The molecule has 58 heavy (non-hydrogen) atoms. The number of nitrogen functional groups attached to an aromatic ring is 1. The number of carbonyl (C=O) groups excluding carboxylic acids is 3. The Bertz CT molecular complexity index is 1910. The van der Waals surface area contributed by atoms with Crippen LogP contribution in [0.5, 0.6) is 0 Å². The van der Waals surface area contributed by atoms with Crippen molar-refractivity contribution in [2.45, 2.75) is 119 Å². The summed E-state index contributed by atoms with van der Waals surface area (Å²) in [5.74, 6) is -0.00281. The molecule has 2 amide bonds. The summed E-state index contributed by atoms with van der Waals surface area (Å²) in [6, 6.07) is 7.77. The number of esters is 1. The van der Waals surface area contributed by atoms with Crippen molar-refractivity contribution in [1.82, 2.24) is 24.6 Å². The zero-order valence-electron chi connectivity index (χ0n) is 36.0. The Morgan fingerprint density at radius 1 is 0.776 bits per heavy atom. The lowest BCUT2D eigenvalue weighted by Gasteiger charge is -2.40. The third-order valence-electron chi connectivity index (χ3n) is 9.95. The second-order valence-corrected chi connectivity index (χ2v) is 18.0. The molecular formula is C43H62Cl2N6O7. The fourth-order valence-corrected chi connectivity index (χ4v) is 7.45. The van der Waals surface area contributed by atoms with Crippen LogP contribution in [-0.4, -0.2) is 112 Å². The number of benzene rings is 2. The molecule has 3 aromatic rings. The smallest absolute Gasteiger partial charge is 0.410 e. The number of amides is 2. The molecule has 0 spiro atoms. The van der Waals surface area contributed by atoms with Gasteiger partial charge in [-0.25, -0.2) is 19.4 Å². The summed E-state index contributed by atoms with van der Waals surface area (Å²) in [5, 5.41) is 1.29. The molecule has 2 fully saturated rings. The molecule has 2 N–H and O–H groups in total. The molecule has 0 unspecified atom stereocenters. The molecule has 2 aromatic carbocycles. The van der Waals surface area contributed by atoms with E-state index in [4.69, 9.17) is 47.6 Å². The largest absolute Gasteiger partial charge is 0.460 e. The first-order valence-corrected chi connectivity index (χ1v) is 20.7. The number of hydrogen-bond acceptors (Lipinski definition) is 11. The Morgan fingerprint density at radius 2 is 1.24 bits per heavy atom. The zero-order chi connectivity index (χ0) is 43.1. The van der Waals surface area contributed by atoms with E-state index in [-0.39, 0.29) is 36.6 Å². The molecule has 2 aliphatic rings. The monoisotopic (exact) mass is 844 g/mol. The number of nitrogens with zero attached hydrogens (tertiary/aromatic N) is 5. The van der Waals surface area contributed by atoms with Crippen molar-refractivity contribution < 1.29 is 33.0 Å². The maximum absolute atomic E-state index is 12.5. The van der Waals surface area contributed by atoms with Crippen molar-refractivity contribution in [2.75, 3.05) is 51.6 Å². The minimum atomic E-state index is -0.524. The molecule has 2 aliphatic heterocycles. The lowest BCUT2D eigenvalue weighted by atomic mass is 9.99. The van der Waals surface area contributed by atoms with Crippen LogP contribution in [0.1, 0.15) is 107 Å². The van der Waals surface area contributed by atoms with Crippen LogP contribution < -0.4 is 5.73 Å². The average Bonchev–Trinajstić information content (AvgIpc) is 3.56. The van der Waals surface area contributed by atoms with Crippen LogP contribution in [0, 0.1) is 13.8 Å². The number of nitrogens with two attached hydrogens (primary N) is 1. The molecule has 5 rings (SSSR count). The highest BCUT2D eigenvalue weighted by molar-refractivity contribution is 6.31. The van der Waals surface area contributed by atoms with Gasteiger partial charge in [0.05, 0.1) is 12.8 Å². The van der Waals surface area contributed by atoms with E-state index in [1.165, 1.54) is 6.20 Å². The number of carbonyl (C=O) groups is 3. The number of hydrogen-bond donors (Lipinski definition) is 1. The average molecular weight is 846 g/mol. The quantitative estimate of drug-likeness (QED) is 0.132. The van der Waals surface area contributed by atoms with E-state index in [2.05, 4.69) is 28.6 Å². The first kappa shape index (κ1) is 46.6. The Morgan fingerprint density at radius 3 is 1.71 bits per heavy atom. The highest BCUT2D eigenvalue weighted by Crippen LogP contribution is 2.27. The highest BCUT2D eigenvalue weighted by Gasteiger charge is 2.32. The highest BCUT2D eigenvalue weighted by atomic mass is 35.5. The van der Waals surface area contributed by atoms with E-state index >= 15 is 0 Å². The van der Waals surface area contributed by atoms with E-state index in [0.29, 0.717) is 42.0 Å². The van der Waals surface area contributed by atoms with Gasteiger partial charge in [0, 0.05) is 86.6 Å². The second-order valence-electron chi connectivity index (χ2n) is 17.2. The number of rotatable bonds is 8. The van der Waals surface area contributed by atoms with Gasteiger partial charge < -0.3 is 34.2 Å². The summed E-state index contributed by atoms with van der Waals surface area (Å²) in [5.41, 5.74) is 11.1. The Hall–Kier alpha value is -4.04. The van der Waals surface area contributed by atoms with Gasteiger partial charge in [-0.3, -0.25) is 9.80 Å². The third kappa shape index (κ3) is 13.5. The van der Waals surface area contributed by atoms with Crippen LogP contribution in [0.3, 0.4) is 0 Å². The Balaban J connectivity index is 0.000000273. The summed E-state index contributed by atoms with van der Waals surface area (Å²) < 4.78 is 21.6. The topological polar surface area (TPSA) is 144 Å². The first-order chi connectivity index (χ1) is 27.0. The minimum Gasteiger partial charge on any atom is -0.460 e. The molecule has 0 bridgehead atoms. The van der Waals surface area contributed by atoms with Crippen LogP contribution in [0.4, 0.5) is 15.3 Å². The van der Waals surface area contributed by atoms with Crippen LogP contribution in [0.2, 0.25) is 10.0 Å². The van der Waals surface area contributed by atoms with Gasteiger partial charge in [0.2, 0.25) is 5.76 Å². The molecule has 3 heterocycles. The van der Waals surface area contributed by atoms with Gasteiger partial charge >= 0.3 is 18.2 Å². The Labute approximate surface area is 354 Å².